The van der Waals surface area contributed by atoms with Gasteiger partial charge in [0.15, 0.2) is 0 Å². The number of rotatable bonds is 20. The maximum absolute atomic E-state index is 10.7. The molecule has 45 heavy (non-hydrogen) atoms. The van der Waals surface area contributed by atoms with Crippen molar-refractivity contribution < 1.29 is 23.8 Å². The van der Waals surface area contributed by atoms with Crippen LogP contribution in [0.5, 0.6) is 0 Å². The molecule has 0 spiro atoms. The van der Waals surface area contributed by atoms with Crippen molar-refractivity contribution >= 4 is 24.7 Å². The van der Waals surface area contributed by atoms with Gasteiger partial charge in [0.05, 0.1) is 19.3 Å². The van der Waals surface area contributed by atoms with E-state index in [1.165, 1.54) is 0 Å². The molecule has 4 atom stereocenters. The summed E-state index contributed by atoms with van der Waals surface area (Å²) in [6, 6.07) is 21.0. The highest BCUT2D eigenvalue weighted by Gasteiger charge is 2.56. The maximum atomic E-state index is 10.7. The number of hydrogen-bond acceptors (Lipinski definition) is 5. The topological polar surface area (TPSA) is 114 Å². The van der Waals surface area contributed by atoms with E-state index in [4.69, 9.17) is 19.0 Å². The fourth-order valence-electron chi connectivity index (χ4n) is 6.23. The van der Waals surface area contributed by atoms with Gasteiger partial charge in [-0.2, -0.15) is 0 Å². The predicted octanol–water partition coefficient (Wildman–Crippen LogP) is 7.73. The van der Waals surface area contributed by atoms with Gasteiger partial charge >= 0.3 is 5.97 Å². The Hall–Kier alpha value is -3.20. The number of azide groups is 1. The van der Waals surface area contributed by atoms with E-state index in [9.17, 15) is 10.3 Å². The lowest BCUT2D eigenvalue weighted by atomic mass is 10.1. The average Bonchev–Trinajstić information content (AvgIpc) is 3.35. The monoisotopic (exact) mass is 633 g/mol. The van der Waals surface area contributed by atoms with E-state index in [-0.39, 0.29) is 24.1 Å². The summed E-state index contributed by atoms with van der Waals surface area (Å²) in [5, 5.41) is 14.8. The molecule has 8 nitrogen and oxygen atoms in total. The standard InChI is InChI=1S/C36H51N3O5Si/c1-5-27-42-34-31(25-19-11-9-7-6-8-10-12-20-26-33(40)41)43-32(28-38-39-37)35(34)44-45(36(2,3)4,29-21-15-13-16-22-29)30-23-17-14-18-24-30/h5,13-19,21-25,31-32,34-35H,1,6-12,20,26-28H2,2-4H3,(H,40,41)/b25-19+/t31-,32+,34+,35+/m0/s1. The highest BCUT2D eigenvalue weighted by atomic mass is 28.4. The number of carbonyl (C=O) groups is 1. The summed E-state index contributed by atoms with van der Waals surface area (Å²) < 4.78 is 20.5. The molecule has 1 aliphatic rings. The van der Waals surface area contributed by atoms with Crippen LogP contribution >= 0.6 is 0 Å². The first-order valence-corrected chi connectivity index (χ1v) is 18.2. The van der Waals surface area contributed by atoms with Crippen molar-refractivity contribution in [2.45, 2.75) is 108 Å². The Balaban J connectivity index is 1.82. The largest absolute Gasteiger partial charge is 0.481 e. The van der Waals surface area contributed by atoms with Crippen molar-refractivity contribution in [3.8, 4) is 0 Å². The molecule has 1 N–H and O–H groups in total. The van der Waals surface area contributed by atoms with E-state index in [1.54, 1.807) is 6.08 Å². The minimum absolute atomic E-state index is 0.143. The quantitative estimate of drug-likeness (QED) is 0.0400. The molecule has 3 rings (SSSR count). The lowest BCUT2D eigenvalue weighted by molar-refractivity contribution is -0.137. The second-order valence-corrected chi connectivity index (χ2v) is 17.0. The van der Waals surface area contributed by atoms with E-state index < -0.39 is 32.6 Å². The molecule has 1 aliphatic heterocycles. The molecule has 0 aliphatic carbocycles. The molecule has 0 saturated carbocycles. The molecule has 0 radical (unpaired) electrons. The molecule has 1 heterocycles. The minimum atomic E-state index is -2.95. The van der Waals surface area contributed by atoms with Crippen molar-refractivity contribution in [1.29, 1.82) is 0 Å². The van der Waals surface area contributed by atoms with Crippen LogP contribution in [0.1, 0.15) is 78.6 Å². The number of hydrogen-bond donors (Lipinski definition) is 1. The van der Waals surface area contributed by atoms with E-state index in [0.717, 1.165) is 61.7 Å². The van der Waals surface area contributed by atoms with Gasteiger partial charge < -0.3 is 19.0 Å². The van der Waals surface area contributed by atoms with Crippen LogP contribution in [0.25, 0.3) is 10.4 Å². The third-order valence-corrected chi connectivity index (χ3v) is 13.4. The van der Waals surface area contributed by atoms with Crippen LogP contribution in [0, 0.1) is 0 Å². The fourth-order valence-corrected chi connectivity index (χ4v) is 10.9. The molecule has 244 valence electrons. The van der Waals surface area contributed by atoms with Crippen LogP contribution in [0.15, 0.2) is 90.6 Å². The first-order valence-electron chi connectivity index (χ1n) is 16.3. The normalized spacial score (nSPS) is 20.2. The van der Waals surface area contributed by atoms with Crippen LogP contribution < -0.4 is 10.4 Å². The van der Waals surface area contributed by atoms with Gasteiger partial charge in [-0.25, -0.2) is 0 Å². The zero-order chi connectivity index (χ0) is 32.5. The van der Waals surface area contributed by atoms with E-state index in [2.05, 4.69) is 98.1 Å². The molecule has 1 saturated heterocycles. The zero-order valence-electron chi connectivity index (χ0n) is 27.2. The number of benzene rings is 2. The average molecular weight is 634 g/mol. The van der Waals surface area contributed by atoms with Crippen molar-refractivity contribution in [3.63, 3.8) is 0 Å². The lowest BCUT2D eigenvalue weighted by Gasteiger charge is -2.46. The Morgan fingerprint density at radius 3 is 2.09 bits per heavy atom. The Kier molecular flexibility index (Phi) is 15.1. The molecule has 0 amide bonds. The van der Waals surface area contributed by atoms with Crippen LogP contribution in [0.3, 0.4) is 0 Å². The molecule has 2 aromatic carbocycles. The number of ether oxygens (including phenoxy) is 2. The van der Waals surface area contributed by atoms with Crippen LogP contribution in [0.4, 0.5) is 0 Å². The SMILES string of the molecule is C=CCO[C@H]1[C@H](O[Si](c2ccccc2)(c2ccccc2)C(C)(C)C)[C@@H](CN=[N+]=[N-])O[C@H]1/C=C/CCCCCCCCCC(=O)O. The molecule has 9 heteroatoms. The van der Waals surface area contributed by atoms with E-state index in [0.29, 0.717) is 6.61 Å². The smallest absolute Gasteiger partial charge is 0.303 e. The summed E-state index contributed by atoms with van der Waals surface area (Å²) in [5.74, 6) is -0.713. The fraction of sp³-hybridized carbons (Fsp3) is 0.528. The summed E-state index contributed by atoms with van der Waals surface area (Å²) in [6.07, 6.45) is 12.7. The van der Waals surface area contributed by atoms with E-state index in [1.807, 2.05) is 12.1 Å². The number of carboxylic acid groups (broad SMARTS) is 1. The van der Waals surface area contributed by atoms with Gasteiger partial charge in [0, 0.05) is 11.3 Å². The zero-order valence-corrected chi connectivity index (χ0v) is 28.2. The highest BCUT2D eigenvalue weighted by Crippen LogP contribution is 2.40. The van der Waals surface area contributed by atoms with Gasteiger partial charge in [0.1, 0.15) is 18.3 Å². The maximum Gasteiger partial charge on any atom is 0.303 e. The van der Waals surface area contributed by atoms with Crippen molar-refractivity contribution in [2.24, 2.45) is 5.11 Å². The third kappa shape index (κ3) is 10.4. The molecular formula is C36H51N3O5Si. The summed E-state index contributed by atoms with van der Waals surface area (Å²) >= 11 is 0. The van der Waals surface area contributed by atoms with Crippen LogP contribution in [-0.2, 0) is 18.7 Å². The van der Waals surface area contributed by atoms with Crippen molar-refractivity contribution in [3.05, 3.63) is 95.9 Å². The number of allylic oxidation sites excluding steroid dienone is 1. The van der Waals surface area contributed by atoms with Gasteiger partial charge in [-0.3, -0.25) is 4.79 Å². The second-order valence-electron chi connectivity index (χ2n) is 12.7. The minimum Gasteiger partial charge on any atom is -0.481 e. The van der Waals surface area contributed by atoms with Gasteiger partial charge in [-0.05, 0) is 40.2 Å². The molecule has 2 aromatic rings. The van der Waals surface area contributed by atoms with Crippen molar-refractivity contribution in [2.75, 3.05) is 13.2 Å². The molecular weight excluding hydrogens is 582 g/mol. The number of aliphatic carboxylic acids is 1. The third-order valence-electron chi connectivity index (χ3n) is 8.39. The summed E-state index contributed by atoms with van der Waals surface area (Å²) in [5.41, 5.74) is 9.22. The van der Waals surface area contributed by atoms with Gasteiger partial charge in [0.25, 0.3) is 8.32 Å². The molecule has 1 fully saturated rings. The van der Waals surface area contributed by atoms with Gasteiger partial charge in [-0.1, -0.05) is 137 Å². The van der Waals surface area contributed by atoms with Crippen LogP contribution in [-0.4, -0.2) is 57.0 Å². The Bertz CT molecular complexity index is 1200. The first-order chi connectivity index (χ1) is 21.7. The van der Waals surface area contributed by atoms with E-state index >= 15 is 0 Å². The first kappa shape index (κ1) is 36.3. The van der Waals surface area contributed by atoms with Crippen molar-refractivity contribution in [1.82, 2.24) is 0 Å². The summed E-state index contributed by atoms with van der Waals surface area (Å²) in [7, 11) is -2.95. The molecule has 0 bridgehead atoms. The Labute approximate surface area is 270 Å². The van der Waals surface area contributed by atoms with Crippen LogP contribution in [0.2, 0.25) is 5.04 Å². The summed E-state index contributed by atoms with van der Waals surface area (Å²) in [6.45, 7) is 11.1. The summed E-state index contributed by atoms with van der Waals surface area (Å²) in [4.78, 5) is 13.7. The molecule has 0 unspecified atom stereocenters. The molecule has 0 aromatic heterocycles. The lowest BCUT2D eigenvalue weighted by Crippen LogP contribution is -2.69. The second kappa shape index (κ2) is 18.7. The number of unbranched alkanes of at least 4 members (excludes halogenated alkanes) is 7. The highest BCUT2D eigenvalue weighted by molar-refractivity contribution is 6.99. The number of carboxylic acids is 1. The number of nitrogens with zero attached hydrogens (tertiary/aromatic N) is 3. The van der Waals surface area contributed by atoms with Gasteiger partial charge in [0.2, 0.25) is 0 Å². The predicted molar refractivity (Wildman–Crippen MR) is 183 cm³/mol. The Morgan fingerprint density at radius 2 is 1.56 bits per heavy atom. The van der Waals surface area contributed by atoms with Gasteiger partial charge in [-0.15, -0.1) is 6.58 Å². The Morgan fingerprint density at radius 1 is 0.978 bits per heavy atom.